The van der Waals surface area contributed by atoms with E-state index < -0.39 is 0 Å². The molecule has 1 atom stereocenters. The molecule has 7 heteroatoms. The Morgan fingerprint density at radius 2 is 2.10 bits per heavy atom. The van der Waals surface area contributed by atoms with E-state index >= 15 is 0 Å². The van der Waals surface area contributed by atoms with Crippen LogP contribution in [-0.4, -0.2) is 59.3 Å². The third-order valence-electron chi connectivity index (χ3n) is 5.34. The molecule has 2 N–H and O–H groups in total. The van der Waals surface area contributed by atoms with Gasteiger partial charge in [-0.15, -0.1) is 0 Å². The maximum atomic E-state index is 11.8. The van der Waals surface area contributed by atoms with E-state index in [9.17, 15) is 4.79 Å². The van der Waals surface area contributed by atoms with Crippen molar-refractivity contribution in [3.05, 3.63) is 47.8 Å². The first-order chi connectivity index (χ1) is 14.1. The van der Waals surface area contributed by atoms with E-state index in [1.807, 2.05) is 34.7 Å². The summed E-state index contributed by atoms with van der Waals surface area (Å²) in [5, 5.41) is 11.5. The van der Waals surface area contributed by atoms with Crippen LogP contribution >= 0.6 is 0 Å². The first-order valence-corrected chi connectivity index (χ1v) is 10.5. The lowest BCUT2D eigenvalue weighted by Crippen LogP contribution is -2.45. The van der Waals surface area contributed by atoms with E-state index in [1.165, 1.54) is 5.56 Å². The summed E-state index contributed by atoms with van der Waals surface area (Å²) < 4.78 is 1.95. The van der Waals surface area contributed by atoms with Crippen molar-refractivity contribution in [3.8, 4) is 5.69 Å². The number of hydrogen-bond acceptors (Lipinski definition) is 3. The Morgan fingerprint density at radius 3 is 2.83 bits per heavy atom. The Bertz CT molecular complexity index is 829. The lowest BCUT2D eigenvalue weighted by Gasteiger charge is -2.18. The fraction of sp³-hybridized carbons (Fsp3) is 0.500. The predicted octanol–water partition coefficient (Wildman–Crippen LogP) is 2.29. The molecule has 0 saturated carbocycles. The summed E-state index contributed by atoms with van der Waals surface area (Å²) in [5.41, 5.74) is 3.42. The molecule has 1 aromatic carbocycles. The van der Waals surface area contributed by atoms with Crippen LogP contribution in [0, 0.1) is 6.92 Å². The molecule has 7 nitrogen and oxygen atoms in total. The molecular formula is C22H32N6O. The summed E-state index contributed by atoms with van der Waals surface area (Å²) in [5.74, 6) is 1.03. The molecule has 0 spiro atoms. The molecule has 2 aromatic rings. The maximum Gasteiger partial charge on any atom is 0.222 e. The van der Waals surface area contributed by atoms with Gasteiger partial charge >= 0.3 is 0 Å². The summed E-state index contributed by atoms with van der Waals surface area (Å²) in [6.07, 6.45) is 5.61. The molecule has 1 aromatic heterocycles. The Morgan fingerprint density at radius 1 is 1.31 bits per heavy atom. The van der Waals surface area contributed by atoms with Crippen molar-refractivity contribution < 1.29 is 4.79 Å². The maximum absolute atomic E-state index is 11.8. The van der Waals surface area contributed by atoms with E-state index in [-0.39, 0.29) is 11.9 Å². The van der Waals surface area contributed by atoms with Gasteiger partial charge < -0.3 is 15.5 Å². The Hall–Kier alpha value is -2.83. The van der Waals surface area contributed by atoms with E-state index in [0.717, 1.165) is 56.2 Å². The molecule has 2 heterocycles. The second kappa shape index (κ2) is 10.1. The Kier molecular flexibility index (Phi) is 7.27. The molecule has 156 valence electrons. The topological polar surface area (TPSA) is 74.6 Å². The minimum absolute atomic E-state index is 0.226. The number of aliphatic imine (C=N–C) groups is 1. The fourth-order valence-electron chi connectivity index (χ4n) is 3.66. The van der Waals surface area contributed by atoms with Crippen molar-refractivity contribution in [3.63, 3.8) is 0 Å². The molecule has 29 heavy (non-hydrogen) atoms. The van der Waals surface area contributed by atoms with Crippen LogP contribution in [0.25, 0.3) is 5.69 Å². The molecule has 0 aliphatic carbocycles. The molecule has 3 rings (SSSR count). The van der Waals surface area contributed by atoms with Crippen LogP contribution in [0.1, 0.15) is 37.4 Å². The summed E-state index contributed by atoms with van der Waals surface area (Å²) >= 11 is 0. The third kappa shape index (κ3) is 5.59. The number of benzene rings is 1. The van der Waals surface area contributed by atoms with Gasteiger partial charge in [0.25, 0.3) is 0 Å². The highest BCUT2D eigenvalue weighted by Crippen LogP contribution is 2.13. The zero-order valence-electron chi connectivity index (χ0n) is 17.7. The highest BCUT2D eigenvalue weighted by molar-refractivity contribution is 5.80. The smallest absolute Gasteiger partial charge is 0.222 e. The molecule has 0 bridgehead atoms. The summed E-state index contributed by atoms with van der Waals surface area (Å²) in [4.78, 5) is 18.1. The van der Waals surface area contributed by atoms with Gasteiger partial charge in [0.2, 0.25) is 5.91 Å². The van der Waals surface area contributed by atoms with Gasteiger partial charge in [0.1, 0.15) is 0 Å². The number of guanidine groups is 1. The highest BCUT2D eigenvalue weighted by Gasteiger charge is 2.25. The van der Waals surface area contributed by atoms with Crippen LogP contribution < -0.4 is 10.6 Å². The molecular weight excluding hydrogens is 364 g/mol. The molecule has 1 aliphatic heterocycles. The van der Waals surface area contributed by atoms with Gasteiger partial charge in [0, 0.05) is 45.3 Å². The molecule has 1 saturated heterocycles. The van der Waals surface area contributed by atoms with Gasteiger partial charge in [-0.2, -0.15) is 5.10 Å². The zero-order valence-corrected chi connectivity index (χ0v) is 17.7. The summed E-state index contributed by atoms with van der Waals surface area (Å²) in [6, 6.07) is 10.4. The number of rotatable bonds is 7. The molecule has 1 aliphatic rings. The standard InChI is InChI=1S/C22H32N6O/c1-4-21(29)27-14-12-19(16-27)25-22(23-3)24-13-8-9-18-15-28(26-17(18)2)20-10-6-5-7-11-20/h5-7,10-11,15,19H,4,8-9,12-14,16H2,1-3H3,(H2,23,24,25). The van der Waals surface area contributed by atoms with Crippen LogP contribution in [0.3, 0.4) is 0 Å². The largest absolute Gasteiger partial charge is 0.356 e. The Balaban J connectivity index is 1.43. The fourth-order valence-corrected chi connectivity index (χ4v) is 3.66. The van der Waals surface area contributed by atoms with Crippen molar-refractivity contribution >= 4 is 11.9 Å². The van der Waals surface area contributed by atoms with E-state index in [0.29, 0.717) is 6.42 Å². The van der Waals surface area contributed by atoms with E-state index in [4.69, 9.17) is 0 Å². The monoisotopic (exact) mass is 396 g/mol. The number of aryl methyl sites for hydroxylation is 2. The number of carbonyl (C=O) groups excluding carboxylic acids is 1. The molecule has 1 amide bonds. The number of likely N-dealkylation sites (tertiary alicyclic amines) is 1. The quantitative estimate of drug-likeness (QED) is 0.428. The lowest BCUT2D eigenvalue weighted by molar-refractivity contribution is -0.129. The van der Waals surface area contributed by atoms with Crippen molar-refractivity contribution in [2.45, 2.75) is 45.6 Å². The SMILES string of the molecule is CCC(=O)N1CCC(NC(=NC)NCCCc2cn(-c3ccccc3)nc2C)C1. The first-order valence-electron chi connectivity index (χ1n) is 10.5. The average molecular weight is 397 g/mol. The van der Waals surface area contributed by atoms with Crippen molar-refractivity contribution in [2.75, 3.05) is 26.7 Å². The van der Waals surface area contributed by atoms with Crippen LogP contribution in [0.2, 0.25) is 0 Å². The summed E-state index contributed by atoms with van der Waals surface area (Å²) in [6.45, 7) is 6.39. The average Bonchev–Trinajstić information content (AvgIpc) is 3.37. The van der Waals surface area contributed by atoms with Crippen LogP contribution in [0.4, 0.5) is 0 Å². The summed E-state index contributed by atoms with van der Waals surface area (Å²) in [7, 11) is 1.79. The zero-order chi connectivity index (χ0) is 20.6. The van der Waals surface area contributed by atoms with Crippen LogP contribution in [-0.2, 0) is 11.2 Å². The minimum atomic E-state index is 0.226. The number of amides is 1. The van der Waals surface area contributed by atoms with Crippen LogP contribution in [0.15, 0.2) is 41.5 Å². The highest BCUT2D eigenvalue weighted by atomic mass is 16.2. The van der Waals surface area contributed by atoms with E-state index in [1.54, 1.807) is 7.05 Å². The lowest BCUT2D eigenvalue weighted by atomic mass is 10.1. The van der Waals surface area contributed by atoms with E-state index in [2.05, 4.69) is 46.0 Å². The van der Waals surface area contributed by atoms with Gasteiger partial charge in [-0.1, -0.05) is 25.1 Å². The third-order valence-corrected chi connectivity index (χ3v) is 5.34. The second-order valence-corrected chi connectivity index (χ2v) is 7.45. The first kappa shape index (κ1) is 20.9. The van der Waals surface area contributed by atoms with Gasteiger partial charge in [-0.3, -0.25) is 9.79 Å². The molecule has 0 radical (unpaired) electrons. The number of hydrogen-bond donors (Lipinski definition) is 2. The molecule has 1 unspecified atom stereocenters. The van der Waals surface area contributed by atoms with Gasteiger partial charge in [-0.25, -0.2) is 4.68 Å². The number of aromatic nitrogens is 2. The number of nitrogens with one attached hydrogen (secondary N) is 2. The van der Waals surface area contributed by atoms with Crippen molar-refractivity contribution in [1.29, 1.82) is 0 Å². The predicted molar refractivity (Wildman–Crippen MR) is 116 cm³/mol. The molecule has 1 fully saturated rings. The number of nitrogens with zero attached hydrogens (tertiary/aromatic N) is 4. The normalized spacial score (nSPS) is 16.9. The van der Waals surface area contributed by atoms with Crippen molar-refractivity contribution in [1.82, 2.24) is 25.3 Å². The van der Waals surface area contributed by atoms with Gasteiger partial charge in [0.05, 0.1) is 11.4 Å². The minimum Gasteiger partial charge on any atom is -0.356 e. The Labute approximate surface area is 173 Å². The second-order valence-electron chi connectivity index (χ2n) is 7.45. The number of carbonyl (C=O) groups is 1. The van der Waals surface area contributed by atoms with Gasteiger partial charge in [-0.05, 0) is 43.9 Å². The van der Waals surface area contributed by atoms with Crippen LogP contribution in [0.5, 0.6) is 0 Å². The van der Waals surface area contributed by atoms with Crippen molar-refractivity contribution in [2.24, 2.45) is 4.99 Å². The van der Waals surface area contributed by atoms with Gasteiger partial charge in [0.15, 0.2) is 5.96 Å². The number of para-hydroxylation sites is 1.